The second kappa shape index (κ2) is 8.93. The van der Waals surface area contributed by atoms with Gasteiger partial charge in [-0.3, -0.25) is 0 Å². The van der Waals surface area contributed by atoms with Crippen molar-refractivity contribution in [2.24, 2.45) is 0 Å². The SMILES string of the molecule is COc1cc(OC)c2c(c1)OC(c1cc(O)c(O)c(O)c1)[C@H](OC(=O)c1cc(O)c(O)c(O)c1)C2. The first-order valence-electron chi connectivity index (χ1n) is 10.2. The predicted molar refractivity (Wildman–Crippen MR) is 119 cm³/mol. The molecule has 0 bridgehead atoms. The fourth-order valence-corrected chi connectivity index (χ4v) is 3.83. The van der Waals surface area contributed by atoms with Crippen LogP contribution in [0.5, 0.6) is 51.7 Å². The molecule has 11 heteroatoms. The van der Waals surface area contributed by atoms with Gasteiger partial charge in [-0.15, -0.1) is 0 Å². The Kier molecular flexibility index (Phi) is 6.00. The number of methoxy groups -OCH3 is 2. The smallest absolute Gasteiger partial charge is 0.338 e. The zero-order chi connectivity index (χ0) is 25.4. The highest BCUT2D eigenvalue weighted by Gasteiger charge is 2.37. The van der Waals surface area contributed by atoms with Gasteiger partial charge in [-0.05, 0) is 24.3 Å². The summed E-state index contributed by atoms with van der Waals surface area (Å²) >= 11 is 0. The van der Waals surface area contributed by atoms with Crippen molar-refractivity contribution in [2.45, 2.75) is 18.6 Å². The van der Waals surface area contributed by atoms with Gasteiger partial charge in [0, 0.05) is 29.7 Å². The summed E-state index contributed by atoms with van der Waals surface area (Å²) in [7, 11) is 2.91. The number of phenols is 6. The van der Waals surface area contributed by atoms with Gasteiger partial charge in [-0.25, -0.2) is 4.79 Å². The van der Waals surface area contributed by atoms with E-state index in [-0.39, 0.29) is 17.5 Å². The van der Waals surface area contributed by atoms with Gasteiger partial charge in [0.2, 0.25) is 0 Å². The number of carbonyl (C=O) groups excluding carboxylic acids is 1. The first-order chi connectivity index (χ1) is 16.6. The molecule has 11 nitrogen and oxygen atoms in total. The highest BCUT2D eigenvalue weighted by Crippen LogP contribution is 2.46. The van der Waals surface area contributed by atoms with Crippen LogP contribution in [0.2, 0.25) is 0 Å². The molecule has 0 saturated heterocycles. The largest absolute Gasteiger partial charge is 0.504 e. The Hall–Kier alpha value is -4.67. The fourth-order valence-electron chi connectivity index (χ4n) is 3.83. The maximum Gasteiger partial charge on any atom is 0.338 e. The predicted octanol–water partition coefficient (Wildman–Crippen LogP) is 2.84. The molecule has 2 atom stereocenters. The number of carbonyl (C=O) groups is 1. The van der Waals surface area contributed by atoms with Crippen LogP contribution in [0.1, 0.15) is 27.6 Å². The van der Waals surface area contributed by atoms with Crippen molar-refractivity contribution in [2.75, 3.05) is 14.2 Å². The summed E-state index contributed by atoms with van der Waals surface area (Å²) in [5, 5.41) is 58.8. The summed E-state index contributed by atoms with van der Waals surface area (Å²) in [5.41, 5.74) is 0.478. The van der Waals surface area contributed by atoms with Crippen LogP contribution in [0.4, 0.5) is 0 Å². The normalized spacial score (nSPS) is 16.6. The van der Waals surface area contributed by atoms with Crippen LogP contribution >= 0.6 is 0 Å². The highest BCUT2D eigenvalue weighted by molar-refractivity contribution is 5.91. The third kappa shape index (κ3) is 4.31. The third-order valence-electron chi connectivity index (χ3n) is 5.58. The summed E-state index contributed by atoms with van der Waals surface area (Å²) < 4.78 is 22.4. The molecule has 0 aliphatic carbocycles. The molecule has 3 aromatic carbocycles. The van der Waals surface area contributed by atoms with E-state index < -0.39 is 52.7 Å². The van der Waals surface area contributed by atoms with E-state index in [2.05, 4.69) is 0 Å². The molecular formula is C24H22O11. The van der Waals surface area contributed by atoms with Gasteiger partial charge in [0.25, 0.3) is 0 Å². The number of esters is 1. The van der Waals surface area contributed by atoms with Gasteiger partial charge in [0.15, 0.2) is 40.6 Å². The van der Waals surface area contributed by atoms with E-state index in [1.165, 1.54) is 14.2 Å². The van der Waals surface area contributed by atoms with Crippen molar-refractivity contribution in [3.05, 3.63) is 53.1 Å². The van der Waals surface area contributed by atoms with Crippen LogP contribution in [-0.4, -0.2) is 56.9 Å². The van der Waals surface area contributed by atoms with Gasteiger partial charge in [-0.2, -0.15) is 0 Å². The molecule has 0 radical (unpaired) electrons. The number of ether oxygens (including phenoxy) is 4. The number of aromatic hydroxyl groups is 6. The van der Waals surface area contributed by atoms with Crippen molar-refractivity contribution in [3.8, 4) is 51.7 Å². The van der Waals surface area contributed by atoms with Gasteiger partial charge < -0.3 is 49.6 Å². The molecular weight excluding hydrogens is 464 g/mol. The number of fused-ring (bicyclic) bond motifs is 1. The molecule has 1 aliphatic heterocycles. The maximum absolute atomic E-state index is 12.9. The number of hydrogen-bond donors (Lipinski definition) is 6. The quantitative estimate of drug-likeness (QED) is 0.231. The van der Waals surface area contributed by atoms with Crippen molar-refractivity contribution < 1.29 is 54.4 Å². The van der Waals surface area contributed by atoms with Gasteiger partial charge in [-0.1, -0.05) is 0 Å². The van der Waals surface area contributed by atoms with Crippen LogP contribution in [0.25, 0.3) is 0 Å². The maximum atomic E-state index is 12.9. The van der Waals surface area contributed by atoms with Crippen molar-refractivity contribution in [3.63, 3.8) is 0 Å². The van der Waals surface area contributed by atoms with E-state index in [1.54, 1.807) is 12.1 Å². The highest BCUT2D eigenvalue weighted by atomic mass is 16.6. The van der Waals surface area contributed by atoms with E-state index in [4.69, 9.17) is 18.9 Å². The summed E-state index contributed by atoms with van der Waals surface area (Å²) in [6.07, 6.45) is -2.06. The Bertz CT molecular complexity index is 1250. The molecule has 1 aliphatic rings. The Morgan fingerprint density at radius 2 is 1.40 bits per heavy atom. The van der Waals surface area contributed by atoms with E-state index in [1.807, 2.05) is 0 Å². The van der Waals surface area contributed by atoms with Crippen LogP contribution in [0.3, 0.4) is 0 Å². The van der Waals surface area contributed by atoms with E-state index in [9.17, 15) is 35.4 Å². The minimum atomic E-state index is -1.07. The zero-order valence-corrected chi connectivity index (χ0v) is 18.6. The van der Waals surface area contributed by atoms with Gasteiger partial charge >= 0.3 is 5.97 Å². The van der Waals surface area contributed by atoms with Gasteiger partial charge in [0.1, 0.15) is 23.4 Å². The van der Waals surface area contributed by atoms with Crippen LogP contribution < -0.4 is 14.2 Å². The first-order valence-corrected chi connectivity index (χ1v) is 10.2. The van der Waals surface area contributed by atoms with Crippen LogP contribution in [-0.2, 0) is 11.2 Å². The summed E-state index contributed by atoms with van der Waals surface area (Å²) in [5.74, 6) is -3.98. The minimum absolute atomic E-state index is 0.0668. The lowest BCUT2D eigenvalue weighted by Gasteiger charge is -2.34. The molecule has 4 rings (SSSR count). The van der Waals surface area contributed by atoms with E-state index >= 15 is 0 Å². The molecule has 0 aromatic heterocycles. The molecule has 0 saturated carbocycles. The zero-order valence-electron chi connectivity index (χ0n) is 18.6. The summed E-state index contributed by atoms with van der Waals surface area (Å²) in [4.78, 5) is 12.9. The van der Waals surface area contributed by atoms with Crippen molar-refractivity contribution in [1.29, 1.82) is 0 Å². The van der Waals surface area contributed by atoms with Crippen molar-refractivity contribution in [1.82, 2.24) is 0 Å². The number of benzene rings is 3. The average molecular weight is 486 g/mol. The Balaban J connectivity index is 1.77. The fraction of sp³-hybridized carbons (Fsp3) is 0.208. The topological polar surface area (TPSA) is 175 Å². The Morgan fingerprint density at radius 3 is 1.94 bits per heavy atom. The molecule has 0 fully saturated rings. The number of rotatable bonds is 5. The second-order valence-electron chi connectivity index (χ2n) is 7.76. The Labute approximate surface area is 198 Å². The molecule has 184 valence electrons. The van der Waals surface area contributed by atoms with E-state index in [0.29, 0.717) is 22.8 Å². The van der Waals surface area contributed by atoms with Gasteiger partial charge in [0.05, 0.1) is 19.8 Å². The van der Waals surface area contributed by atoms with Crippen molar-refractivity contribution >= 4 is 5.97 Å². The van der Waals surface area contributed by atoms with Crippen LogP contribution in [0, 0.1) is 0 Å². The molecule has 35 heavy (non-hydrogen) atoms. The molecule has 1 unspecified atom stereocenters. The third-order valence-corrected chi connectivity index (χ3v) is 5.58. The molecule has 3 aromatic rings. The number of phenolic OH excluding ortho intramolecular Hbond substituents is 6. The standard InChI is InChI=1S/C24H22O11/c1-32-12-7-18(33-2)13-9-20(35-24(31)11-5-16(27)22(30)17(28)6-11)23(34-19(13)8-12)10-3-14(25)21(29)15(26)4-10/h3-8,20,23,25-30H,9H2,1-2H3/t20-,23?/m1/s1. The second-order valence-corrected chi connectivity index (χ2v) is 7.76. The number of hydrogen-bond acceptors (Lipinski definition) is 11. The van der Waals surface area contributed by atoms with Crippen LogP contribution in [0.15, 0.2) is 36.4 Å². The monoisotopic (exact) mass is 486 g/mol. The molecule has 6 N–H and O–H groups in total. The Morgan fingerprint density at radius 1 is 0.829 bits per heavy atom. The lowest BCUT2D eigenvalue weighted by Crippen LogP contribution is -2.35. The van der Waals surface area contributed by atoms with E-state index in [0.717, 1.165) is 24.3 Å². The summed E-state index contributed by atoms with van der Waals surface area (Å²) in [6.45, 7) is 0. The first kappa shape index (κ1) is 23.5. The minimum Gasteiger partial charge on any atom is -0.504 e. The lowest BCUT2D eigenvalue weighted by molar-refractivity contribution is -0.0189. The summed E-state index contributed by atoms with van der Waals surface area (Å²) in [6, 6.07) is 7.37. The average Bonchev–Trinajstić information content (AvgIpc) is 2.84. The molecule has 0 amide bonds. The lowest BCUT2D eigenvalue weighted by atomic mass is 9.93. The molecule has 0 spiro atoms. The molecule has 1 heterocycles.